The molecular weight excluding hydrogens is 496 g/mol. The molecule has 0 N–H and O–H groups in total. The molecule has 0 radical (unpaired) electrons. The Balaban J connectivity index is 1.88. The first-order valence-electron chi connectivity index (χ1n) is 9.84. The maximum Gasteiger partial charge on any atom is 0.338 e. The Hall–Kier alpha value is -2.29. The van der Waals surface area contributed by atoms with Gasteiger partial charge in [0.05, 0.1) is 22.4 Å². The number of benzene rings is 1. The highest BCUT2D eigenvalue weighted by atomic mass is 79.9. The van der Waals surface area contributed by atoms with Crippen LogP contribution in [0.1, 0.15) is 37.3 Å². The number of esters is 1. The van der Waals surface area contributed by atoms with Crippen molar-refractivity contribution in [2.45, 2.75) is 26.8 Å². The molecule has 1 aliphatic heterocycles. The number of allylic oxidation sites excluding steroid dienone is 1. The minimum absolute atomic E-state index is 0.163. The molecule has 8 heteroatoms. The molecule has 1 aliphatic rings. The van der Waals surface area contributed by atoms with E-state index < -0.39 is 12.0 Å². The number of rotatable bonds is 5. The third kappa shape index (κ3) is 4.51. The molecule has 0 saturated carbocycles. The fourth-order valence-electron chi connectivity index (χ4n) is 3.37. The Kier molecular flexibility index (Phi) is 6.41. The summed E-state index contributed by atoms with van der Waals surface area (Å²) < 4.78 is 8.67. The molecule has 2 aromatic heterocycles. The van der Waals surface area contributed by atoms with Gasteiger partial charge < -0.3 is 4.74 Å². The first-order valence-corrected chi connectivity index (χ1v) is 12.3. The molecule has 0 spiro atoms. The predicted molar refractivity (Wildman–Crippen MR) is 128 cm³/mol. The van der Waals surface area contributed by atoms with Crippen molar-refractivity contribution >= 4 is 50.6 Å². The predicted octanol–water partition coefficient (Wildman–Crippen LogP) is 4.26. The smallest absolute Gasteiger partial charge is 0.338 e. The van der Waals surface area contributed by atoms with Crippen LogP contribution in [0.15, 0.2) is 67.3 Å². The van der Waals surface area contributed by atoms with Crippen molar-refractivity contribution in [1.82, 2.24) is 4.57 Å². The molecule has 3 heterocycles. The molecular formula is C23H21BrN2O3S2. The zero-order valence-electron chi connectivity index (χ0n) is 17.3. The monoisotopic (exact) mass is 516 g/mol. The van der Waals surface area contributed by atoms with Gasteiger partial charge >= 0.3 is 5.97 Å². The SMILES string of the molecule is CC1=C(C(=O)OCC(C)C)[C@H](c2cccs2)n2c(s/c(=C\c3cccc(Br)c3)c2=O)=N1. The van der Waals surface area contributed by atoms with Gasteiger partial charge in [0.25, 0.3) is 5.56 Å². The number of aromatic nitrogens is 1. The van der Waals surface area contributed by atoms with Gasteiger partial charge in [0, 0.05) is 9.35 Å². The van der Waals surface area contributed by atoms with Crippen molar-refractivity contribution in [3.05, 3.63) is 87.6 Å². The summed E-state index contributed by atoms with van der Waals surface area (Å²) in [5.74, 6) is -0.203. The van der Waals surface area contributed by atoms with E-state index in [4.69, 9.17) is 4.74 Å². The van der Waals surface area contributed by atoms with Gasteiger partial charge in [0.1, 0.15) is 6.04 Å². The van der Waals surface area contributed by atoms with Crippen molar-refractivity contribution in [2.24, 2.45) is 10.9 Å². The largest absolute Gasteiger partial charge is 0.462 e. The minimum Gasteiger partial charge on any atom is -0.462 e. The van der Waals surface area contributed by atoms with Gasteiger partial charge in [-0.15, -0.1) is 11.3 Å². The Labute approximate surface area is 196 Å². The van der Waals surface area contributed by atoms with Crippen molar-refractivity contribution in [1.29, 1.82) is 0 Å². The van der Waals surface area contributed by atoms with E-state index in [-0.39, 0.29) is 11.5 Å². The van der Waals surface area contributed by atoms with Gasteiger partial charge in [-0.25, -0.2) is 9.79 Å². The van der Waals surface area contributed by atoms with Gasteiger partial charge in [-0.3, -0.25) is 9.36 Å². The van der Waals surface area contributed by atoms with Crippen molar-refractivity contribution in [2.75, 3.05) is 6.61 Å². The summed E-state index contributed by atoms with van der Waals surface area (Å²) in [5.41, 5.74) is 1.76. The Morgan fingerprint density at radius 2 is 2.13 bits per heavy atom. The lowest BCUT2D eigenvalue weighted by Gasteiger charge is -2.23. The number of fused-ring (bicyclic) bond motifs is 1. The van der Waals surface area contributed by atoms with Gasteiger partial charge in [-0.2, -0.15) is 0 Å². The van der Waals surface area contributed by atoms with Crippen molar-refractivity contribution in [3.8, 4) is 0 Å². The number of halogens is 1. The molecule has 160 valence electrons. The second kappa shape index (κ2) is 9.06. The lowest BCUT2D eigenvalue weighted by atomic mass is 10.0. The highest BCUT2D eigenvalue weighted by Crippen LogP contribution is 2.33. The van der Waals surface area contributed by atoms with Crippen LogP contribution >= 0.6 is 38.6 Å². The van der Waals surface area contributed by atoms with Crippen LogP contribution in [0, 0.1) is 5.92 Å². The summed E-state index contributed by atoms with van der Waals surface area (Å²) in [6.45, 7) is 6.10. The molecule has 0 saturated heterocycles. The molecule has 0 fully saturated rings. The second-order valence-corrected chi connectivity index (χ2v) is 10.5. The van der Waals surface area contributed by atoms with Crippen LogP contribution in [0.25, 0.3) is 6.08 Å². The van der Waals surface area contributed by atoms with E-state index in [1.165, 1.54) is 22.7 Å². The van der Waals surface area contributed by atoms with Gasteiger partial charge in [-0.05, 0) is 48.1 Å². The molecule has 0 bridgehead atoms. The van der Waals surface area contributed by atoms with Crippen molar-refractivity contribution < 1.29 is 9.53 Å². The van der Waals surface area contributed by atoms with Gasteiger partial charge in [0.2, 0.25) is 0 Å². The van der Waals surface area contributed by atoms with Crippen LogP contribution in [-0.4, -0.2) is 17.1 Å². The summed E-state index contributed by atoms with van der Waals surface area (Å²) in [6, 6.07) is 11.1. The Morgan fingerprint density at radius 3 is 2.81 bits per heavy atom. The number of carbonyl (C=O) groups is 1. The van der Waals surface area contributed by atoms with Gasteiger partial charge in [0.15, 0.2) is 4.80 Å². The molecule has 3 aromatic rings. The molecule has 1 aromatic carbocycles. The van der Waals surface area contributed by atoms with Crippen LogP contribution in [-0.2, 0) is 9.53 Å². The first kappa shape index (κ1) is 21.9. The zero-order chi connectivity index (χ0) is 22.1. The fourth-order valence-corrected chi connectivity index (χ4v) is 5.65. The lowest BCUT2D eigenvalue weighted by molar-refractivity contribution is -0.140. The van der Waals surface area contributed by atoms with E-state index in [0.29, 0.717) is 27.2 Å². The van der Waals surface area contributed by atoms with E-state index in [0.717, 1.165) is 14.9 Å². The topological polar surface area (TPSA) is 60.7 Å². The molecule has 0 unspecified atom stereocenters. The average molecular weight is 517 g/mol. The number of nitrogens with zero attached hydrogens (tertiary/aromatic N) is 2. The summed E-state index contributed by atoms with van der Waals surface area (Å²) in [6.07, 6.45) is 1.86. The molecule has 5 nitrogen and oxygen atoms in total. The Morgan fingerprint density at radius 1 is 1.32 bits per heavy atom. The number of carbonyl (C=O) groups excluding carboxylic acids is 1. The standard InChI is InChI=1S/C23H21BrN2O3S2/c1-13(2)12-29-22(28)19-14(3)25-23-26(20(19)17-8-5-9-30-17)21(27)18(31-23)11-15-6-4-7-16(24)10-15/h4-11,13,20H,12H2,1-3H3/b18-11-/t20-/m0/s1. The van der Waals surface area contributed by atoms with E-state index in [1.807, 2.05) is 61.7 Å². The maximum atomic E-state index is 13.4. The van der Waals surface area contributed by atoms with Gasteiger partial charge in [-0.1, -0.05) is 59.3 Å². The van der Waals surface area contributed by atoms with E-state index in [9.17, 15) is 9.59 Å². The number of thiophene rings is 1. The van der Waals surface area contributed by atoms with Crippen LogP contribution in [0.5, 0.6) is 0 Å². The number of thiazole rings is 1. The molecule has 0 amide bonds. The highest BCUT2D eigenvalue weighted by Gasteiger charge is 2.34. The lowest BCUT2D eigenvalue weighted by Crippen LogP contribution is -2.39. The third-order valence-electron chi connectivity index (χ3n) is 4.75. The number of hydrogen-bond donors (Lipinski definition) is 0. The van der Waals surface area contributed by atoms with E-state index >= 15 is 0 Å². The van der Waals surface area contributed by atoms with Crippen molar-refractivity contribution in [3.63, 3.8) is 0 Å². The molecule has 1 atom stereocenters. The normalized spacial score (nSPS) is 16.4. The highest BCUT2D eigenvalue weighted by molar-refractivity contribution is 9.10. The summed E-state index contributed by atoms with van der Waals surface area (Å²) in [5, 5.41) is 1.94. The van der Waals surface area contributed by atoms with E-state index in [2.05, 4.69) is 20.9 Å². The maximum absolute atomic E-state index is 13.4. The first-order chi connectivity index (χ1) is 14.8. The quantitative estimate of drug-likeness (QED) is 0.476. The number of hydrogen-bond acceptors (Lipinski definition) is 6. The molecule has 31 heavy (non-hydrogen) atoms. The zero-order valence-corrected chi connectivity index (χ0v) is 20.5. The second-order valence-electron chi connectivity index (χ2n) is 7.64. The Bertz CT molecular complexity index is 1330. The average Bonchev–Trinajstić information content (AvgIpc) is 3.34. The van der Waals surface area contributed by atoms with Crippen LogP contribution < -0.4 is 14.9 Å². The number of ether oxygens (including phenoxy) is 1. The van der Waals surface area contributed by atoms with E-state index in [1.54, 1.807) is 11.5 Å². The summed E-state index contributed by atoms with van der Waals surface area (Å²) in [7, 11) is 0. The molecule has 4 rings (SSSR count). The summed E-state index contributed by atoms with van der Waals surface area (Å²) in [4.78, 5) is 32.6. The summed E-state index contributed by atoms with van der Waals surface area (Å²) >= 11 is 6.31. The third-order valence-corrected chi connectivity index (χ3v) is 7.15. The van der Waals surface area contributed by atoms with Crippen LogP contribution in [0.2, 0.25) is 0 Å². The minimum atomic E-state index is -0.541. The van der Waals surface area contributed by atoms with Crippen LogP contribution in [0.3, 0.4) is 0 Å². The molecule has 0 aliphatic carbocycles. The van der Waals surface area contributed by atoms with Crippen LogP contribution in [0.4, 0.5) is 0 Å². The fraction of sp³-hybridized carbons (Fsp3) is 0.261.